The van der Waals surface area contributed by atoms with E-state index in [0.29, 0.717) is 12.4 Å². The average Bonchev–Trinajstić information content (AvgIpc) is 2.94. The van der Waals surface area contributed by atoms with Crippen molar-refractivity contribution >= 4 is 0 Å². The van der Waals surface area contributed by atoms with Crippen LogP contribution in [0.15, 0.2) is 48.7 Å². The second-order valence-corrected chi connectivity index (χ2v) is 5.94. The van der Waals surface area contributed by atoms with Gasteiger partial charge in [-0.05, 0) is 36.2 Å². The summed E-state index contributed by atoms with van der Waals surface area (Å²) in [6.45, 7) is 2.21. The molecule has 3 heterocycles. The minimum atomic E-state index is -0.223. The van der Waals surface area contributed by atoms with Crippen molar-refractivity contribution in [3.8, 4) is 11.7 Å². The van der Waals surface area contributed by atoms with Crippen LogP contribution >= 0.6 is 0 Å². The SMILES string of the molecule is Oc1c2c(nn1-c1ccccn1)CN(Cc1ccc(F)cc1)CC2. The Morgan fingerprint density at radius 2 is 1.96 bits per heavy atom. The van der Waals surface area contributed by atoms with Gasteiger partial charge in [-0.15, -0.1) is 0 Å². The molecule has 5 nitrogen and oxygen atoms in total. The molecule has 1 N–H and O–H groups in total. The van der Waals surface area contributed by atoms with Gasteiger partial charge in [-0.25, -0.2) is 9.37 Å². The normalized spacial score (nSPS) is 14.5. The fourth-order valence-electron chi connectivity index (χ4n) is 3.05. The van der Waals surface area contributed by atoms with E-state index < -0.39 is 0 Å². The van der Waals surface area contributed by atoms with Gasteiger partial charge < -0.3 is 5.11 Å². The number of benzene rings is 1. The zero-order chi connectivity index (χ0) is 16.5. The predicted molar refractivity (Wildman–Crippen MR) is 87.2 cm³/mol. The molecule has 0 unspecified atom stereocenters. The highest BCUT2D eigenvalue weighted by molar-refractivity contribution is 5.38. The van der Waals surface area contributed by atoms with E-state index in [1.165, 1.54) is 16.8 Å². The lowest BCUT2D eigenvalue weighted by Crippen LogP contribution is -2.29. The number of aromatic nitrogens is 3. The molecule has 0 aliphatic carbocycles. The molecule has 0 saturated carbocycles. The number of halogens is 1. The summed E-state index contributed by atoms with van der Waals surface area (Å²) in [4.78, 5) is 6.48. The van der Waals surface area contributed by atoms with Gasteiger partial charge >= 0.3 is 0 Å². The van der Waals surface area contributed by atoms with Gasteiger partial charge in [-0.2, -0.15) is 9.78 Å². The molecule has 0 atom stereocenters. The van der Waals surface area contributed by atoms with Crippen molar-refractivity contribution in [3.63, 3.8) is 0 Å². The number of hydrogen-bond acceptors (Lipinski definition) is 4. The first-order valence-corrected chi connectivity index (χ1v) is 7.88. The molecule has 0 spiro atoms. The maximum absolute atomic E-state index is 13.0. The van der Waals surface area contributed by atoms with Crippen LogP contribution in [0, 0.1) is 5.82 Å². The number of fused-ring (bicyclic) bond motifs is 1. The highest BCUT2D eigenvalue weighted by Gasteiger charge is 2.25. The average molecular weight is 324 g/mol. The number of rotatable bonds is 3. The van der Waals surface area contributed by atoms with E-state index in [0.717, 1.165) is 36.3 Å². The Balaban J connectivity index is 1.56. The minimum absolute atomic E-state index is 0.171. The van der Waals surface area contributed by atoms with E-state index in [4.69, 9.17) is 0 Å². The molecule has 0 radical (unpaired) electrons. The number of pyridine rings is 1. The van der Waals surface area contributed by atoms with E-state index in [-0.39, 0.29) is 11.7 Å². The molecule has 0 amide bonds. The summed E-state index contributed by atoms with van der Waals surface area (Å²) in [7, 11) is 0. The maximum Gasteiger partial charge on any atom is 0.219 e. The second-order valence-electron chi connectivity index (χ2n) is 5.94. The molecule has 122 valence electrons. The Bertz CT molecular complexity index is 845. The largest absolute Gasteiger partial charge is 0.493 e. The Morgan fingerprint density at radius 3 is 2.71 bits per heavy atom. The van der Waals surface area contributed by atoms with Crippen molar-refractivity contribution in [1.29, 1.82) is 0 Å². The molecule has 1 aliphatic heterocycles. The number of hydrogen-bond donors (Lipinski definition) is 1. The number of nitrogens with zero attached hydrogens (tertiary/aromatic N) is 4. The van der Waals surface area contributed by atoms with Crippen LogP contribution in [-0.4, -0.2) is 31.3 Å². The molecule has 0 saturated heterocycles. The fraction of sp³-hybridized carbons (Fsp3) is 0.222. The highest BCUT2D eigenvalue weighted by Crippen LogP contribution is 2.29. The van der Waals surface area contributed by atoms with Crippen LogP contribution < -0.4 is 0 Å². The standard InChI is InChI=1S/C18H17FN4O/c19-14-6-4-13(5-7-14)11-22-10-8-15-16(12-22)21-23(18(15)24)17-3-1-2-9-20-17/h1-7,9,24H,8,10-12H2. The summed E-state index contributed by atoms with van der Waals surface area (Å²) in [5.74, 6) is 0.554. The third-order valence-electron chi connectivity index (χ3n) is 4.28. The van der Waals surface area contributed by atoms with Crippen molar-refractivity contribution in [1.82, 2.24) is 19.7 Å². The first-order valence-electron chi connectivity index (χ1n) is 7.88. The van der Waals surface area contributed by atoms with Gasteiger partial charge in [-0.1, -0.05) is 18.2 Å². The predicted octanol–water partition coefficient (Wildman–Crippen LogP) is 2.67. The van der Waals surface area contributed by atoms with Gasteiger partial charge in [0.25, 0.3) is 0 Å². The quantitative estimate of drug-likeness (QED) is 0.805. The Morgan fingerprint density at radius 1 is 1.12 bits per heavy atom. The van der Waals surface area contributed by atoms with Crippen LogP contribution in [0.5, 0.6) is 5.88 Å². The second kappa shape index (κ2) is 6.05. The molecule has 0 fully saturated rings. The van der Waals surface area contributed by atoms with E-state index in [1.54, 1.807) is 18.3 Å². The first-order chi connectivity index (χ1) is 11.7. The Hall–Kier alpha value is -2.73. The zero-order valence-corrected chi connectivity index (χ0v) is 13.1. The van der Waals surface area contributed by atoms with Gasteiger partial charge in [0.1, 0.15) is 5.82 Å². The maximum atomic E-state index is 13.0. The van der Waals surface area contributed by atoms with Crippen molar-refractivity contribution in [3.05, 3.63) is 71.3 Å². The summed E-state index contributed by atoms with van der Waals surface area (Å²) in [6, 6.07) is 12.1. The van der Waals surface area contributed by atoms with Crippen LogP contribution in [0.3, 0.4) is 0 Å². The van der Waals surface area contributed by atoms with E-state index in [2.05, 4.69) is 15.0 Å². The summed E-state index contributed by atoms with van der Waals surface area (Å²) in [5.41, 5.74) is 2.82. The fourth-order valence-corrected chi connectivity index (χ4v) is 3.05. The van der Waals surface area contributed by atoms with Crippen molar-refractivity contribution in [2.75, 3.05) is 6.54 Å². The molecular formula is C18H17FN4O. The van der Waals surface area contributed by atoms with Crippen LogP contribution in [0.25, 0.3) is 5.82 Å². The molecule has 24 heavy (non-hydrogen) atoms. The third kappa shape index (κ3) is 2.76. The van der Waals surface area contributed by atoms with E-state index >= 15 is 0 Å². The topological polar surface area (TPSA) is 54.2 Å². The zero-order valence-electron chi connectivity index (χ0n) is 13.1. The lowest BCUT2D eigenvalue weighted by atomic mass is 10.1. The van der Waals surface area contributed by atoms with Gasteiger partial charge in [0.15, 0.2) is 5.82 Å². The van der Waals surface area contributed by atoms with Gasteiger partial charge in [-0.3, -0.25) is 4.90 Å². The summed E-state index contributed by atoms with van der Waals surface area (Å²) >= 11 is 0. The van der Waals surface area contributed by atoms with Gasteiger partial charge in [0, 0.05) is 31.4 Å². The molecular weight excluding hydrogens is 307 g/mol. The van der Waals surface area contributed by atoms with Crippen molar-refractivity contribution < 1.29 is 9.50 Å². The van der Waals surface area contributed by atoms with Crippen LogP contribution in [0.1, 0.15) is 16.8 Å². The van der Waals surface area contributed by atoms with Crippen molar-refractivity contribution in [2.24, 2.45) is 0 Å². The summed E-state index contributed by atoms with van der Waals surface area (Å²) in [6.07, 6.45) is 2.41. The molecule has 3 aromatic rings. The van der Waals surface area contributed by atoms with Crippen LogP contribution in [-0.2, 0) is 19.5 Å². The molecule has 0 bridgehead atoms. The summed E-state index contributed by atoms with van der Waals surface area (Å²) in [5, 5.41) is 15.0. The molecule has 4 rings (SSSR count). The molecule has 1 aliphatic rings. The first kappa shape index (κ1) is 14.8. The Labute approximate surface area is 139 Å². The van der Waals surface area contributed by atoms with Crippen LogP contribution in [0.4, 0.5) is 4.39 Å². The third-order valence-corrected chi connectivity index (χ3v) is 4.28. The Kier molecular flexibility index (Phi) is 3.74. The van der Waals surface area contributed by atoms with E-state index in [1.807, 2.05) is 18.2 Å². The van der Waals surface area contributed by atoms with E-state index in [9.17, 15) is 9.50 Å². The smallest absolute Gasteiger partial charge is 0.219 e. The lowest BCUT2D eigenvalue weighted by Gasteiger charge is -2.25. The number of aromatic hydroxyl groups is 1. The summed E-state index contributed by atoms with van der Waals surface area (Å²) < 4.78 is 14.5. The van der Waals surface area contributed by atoms with Crippen LogP contribution in [0.2, 0.25) is 0 Å². The van der Waals surface area contributed by atoms with Gasteiger partial charge in [0.2, 0.25) is 5.88 Å². The van der Waals surface area contributed by atoms with Crippen molar-refractivity contribution in [2.45, 2.75) is 19.5 Å². The molecule has 6 heteroatoms. The monoisotopic (exact) mass is 324 g/mol. The molecule has 1 aromatic carbocycles. The highest BCUT2D eigenvalue weighted by atomic mass is 19.1. The molecule has 2 aromatic heterocycles. The minimum Gasteiger partial charge on any atom is -0.493 e. The lowest BCUT2D eigenvalue weighted by molar-refractivity contribution is 0.241. The van der Waals surface area contributed by atoms with Gasteiger partial charge in [0.05, 0.1) is 5.69 Å².